The van der Waals surface area contributed by atoms with Gasteiger partial charge < -0.3 is 0 Å². The SMILES string of the molecule is Cc1ccc(C(C#N)C(=O)c2ccc(Br)c(C)c2)cc1. The Bertz CT molecular complexity index is 683. The van der Waals surface area contributed by atoms with Gasteiger partial charge in [0.2, 0.25) is 0 Å². The summed E-state index contributed by atoms with van der Waals surface area (Å²) in [5.41, 5.74) is 3.40. The largest absolute Gasteiger partial charge is 0.292 e. The molecular formula is C17H14BrNO. The number of carbonyl (C=O) groups is 1. The van der Waals surface area contributed by atoms with Crippen LogP contribution in [0, 0.1) is 25.2 Å². The van der Waals surface area contributed by atoms with Crippen molar-refractivity contribution in [1.82, 2.24) is 0 Å². The number of Topliss-reactive ketones (excluding diaryl/α,β-unsaturated/α-hetero) is 1. The Hall–Kier alpha value is -1.92. The van der Waals surface area contributed by atoms with Crippen molar-refractivity contribution in [2.24, 2.45) is 0 Å². The van der Waals surface area contributed by atoms with Crippen molar-refractivity contribution in [3.8, 4) is 6.07 Å². The molecule has 0 aliphatic heterocycles. The molecule has 20 heavy (non-hydrogen) atoms. The zero-order valence-corrected chi connectivity index (χ0v) is 12.9. The van der Waals surface area contributed by atoms with E-state index in [4.69, 9.17) is 0 Å². The molecule has 0 aliphatic rings. The van der Waals surface area contributed by atoms with Gasteiger partial charge >= 0.3 is 0 Å². The summed E-state index contributed by atoms with van der Waals surface area (Å²) in [6, 6.07) is 15.0. The van der Waals surface area contributed by atoms with Crippen LogP contribution in [0.25, 0.3) is 0 Å². The molecule has 1 unspecified atom stereocenters. The lowest BCUT2D eigenvalue weighted by molar-refractivity contribution is 0.0979. The van der Waals surface area contributed by atoms with Crippen LogP contribution in [-0.2, 0) is 0 Å². The van der Waals surface area contributed by atoms with Crippen molar-refractivity contribution in [1.29, 1.82) is 5.26 Å². The van der Waals surface area contributed by atoms with Gasteiger partial charge in [0.1, 0.15) is 5.92 Å². The van der Waals surface area contributed by atoms with E-state index in [1.54, 1.807) is 6.07 Å². The normalized spacial score (nSPS) is 11.7. The molecule has 0 radical (unpaired) electrons. The summed E-state index contributed by atoms with van der Waals surface area (Å²) < 4.78 is 0.956. The first kappa shape index (κ1) is 14.5. The van der Waals surface area contributed by atoms with E-state index in [1.807, 2.05) is 50.2 Å². The Morgan fingerprint density at radius 3 is 2.35 bits per heavy atom. The molecule has 2 aromatic carbocycles. The van der Waals surface area contributed by atoms with Crippen molar-refractivity contribution in [3.63, 3.8) is 0 Å². The summed E-state index contributed by atoms with van der Waals surface area (Å²) in [6.07, 6.45) is 0. The van der Waals surface area contributed by atoms with Crippen LogP contribution in [0.3, 0.4) is 0 Å². The summed E-state index contributed by atoms with van der Waals surface area (Å²) >= 11 is 3.41. The van der Waals surface area contributed by atoms with Crippen LogP contribution in [0.15, 0.2) is 46.9 Å². The van der Waals surface area contributed by atoms with Gasteiger partial charge in [0.25, 0.3) is 0 Å². The van der Waals surface area contributed by atoms with Gasteiger partial charge in [-0.25, -0.2) is 0 Å². The van der Waals surface area contributed by atoms with E-state index in [2.05, 4.69) is 22.0 Å². The molecule has 0 saturated carbocycles. The number of benzene rings is 2. The molecule has 100 valence electrons. The molecule has 0 amide bonds. The maximum Gasteiger partial charge on any atom is 0.184 e. The van der Waals surface area contributed by atoms with Crippen molar-refractivity contribution in [2.45, 2.75) is 19.8 Å². The number of hydrogen-bond donors (Lipinski definition) is 0. The van der Waals surface area contributed by atoms with Gasteiger partial charge in [-0.2, -0.15) is 5.26 Å². The van der Waals surface area contributed by atoms with Crippen molar-refractivity contribution >= 4 is 21.7 Å². The van der Waals surface area contributed by atoms with Crippen LogP contribution in [0.2, 0.25) is 0 Å². The molecule has 2 nitrogen and oxygen atoms in total. The second-order valence-electron chi connectivity index (χ2n) is 4.80. The highest BCUT2D eigenvalue weighted by molar-refractivity contribution is 9.10. The summed E-state index contributed by atoms with van der Waals surface area (Å²) in [5.74, 6) is -0.914. The average molecular weight is 328 g/mol. The number of halogens is 1. The van der Waals surface area contributed by atoms with E-state index in [0.29, 0.717) is 5.56 Å². The van der Waals surface area contributed by atoms with Gasteiger partial charge in [0, 0.05) is 10.0 Å². The first-order chi connectivity index (χ1) is 9.52. The summed E-state index contributed by atoms with van der Waals surface area (Å²) in [6.45, 7) is 3.90. The second-order valence-corrected chi connectivity index (χ2v) is 5.66. The highest BCUT2D eigenvalue weighted by Gasteiger charge is 2.21. The minimum atomic E-state index is -0.754. The number of aryl methyl sites for hydroxylation is 2. The standard InChI is InChI=1S/C17H14BrNO/c1-11-3-5-13(6-4-11)15(10-19)17(20)14-7-8-16(18)12(2)9-14/h3-9,15H,1-2H3. The predicted molar refractivity (Wildman–Crippen MR) is 82.7 cm³/mol. The molecule has 0 aromatic heterocycles. The third-order valence-corrected chi connectivity index (χ3v) is 4.13. The molecule has 0 spiro atoms. The Kier molecular flexibility index (Phi) is 4.36. The molecule has 0 N–H and O–H groups in total. The van der Waals surface area contributed by atoms with Crippen molar-refractivity contribution < 1.29 is 4.79 Å². The monoisotopic (exact) mass is 327 g/mol. The quantitative estimate of drug-likeness (QED) is 0.775. The van der Waals surface area contributed by atoms with Crippen LogP contribution in [0.5, 0.6) is 0 Å². The molecule has 0 saturated heterocycles. The molecular weight excluding hydrogens is 314 g/mol. The highest BCUT2D eigenvalue weighted by atomic mass is 79.9. The molecule has 0 heterocycles. The Morgan fingerprint density at radius 2 is 1.80 bits per heavy atom. The maximum atomic E-state index is 12.5. The molecule has 2 rings (SSSR count). The zero-order chi connectivity index (χ0) is 14.7. The maximum absolute atomic E-state index is 12.5. The van der Waals surface area contributed by atoms with Crippen LogP contribution >= 0.6 is 15.9 Å². The summed E-state index contributed by atoms with van der Waals surface area (Å²) in [7, 11) is 0. The van der Waals surface area contributed by atoms with Gasteiger partial charge in [-0.3, -0.25) is 4.79 Å². The topological polar surface area (TPSA) is 40.9 Å². The minimum Gasteiger partial charge on any atom is -0.292 e. The second kappa shape index (κ2) is 6.02. The molecule has 0 bridgehead atoms. The lowest BCUT2D eigenvalue weighted by Crippen LogP contribution is -2.11. The third-order valence-electron chi connectivity index (χ3n) is 3.24. The fraction of sp³-hybridized carbons (Fsp3) is 0.176. The van der Waals surface area contributed by atoms with E-state index >= 15 is 0 Å². The van der Waals surface area contributed by atoms with Gasteiger partial charge in [0.15, 0.2) is 5.78 Å². The van der Waals surface area contributed by atoms with Crippen LogP contribution < -0.4 is 0 Å². The first-order valence-electron chi connectivity index (χ1n) is 6.29. The third kappa shape index (κ3) is 2.97. The first-order valence-corrected chi connectivity index (χ1v) is 7.09. The predicted octanol–water partition coefficient (Wildman–Crippen LogP) is 4.56. The fourth-order valence-corrected chi connectivity index (χ4v) is 2.25. The van der Waals surface area contributed by atoms with Crippen molar-refractivity contribution in [2.75, 3.05) is 0 Å². The number of ketones is 1. The van der Waals surface area contributed by atoms with Crippen molar-refractivity contribution in [3.05, 3.63) is 69.2 Å². The van der Waals surface area contributed by atoms with E-state index in [0.717, 1.165) is 21.2 Å². The van der Waals surface area contributed by atoms with E-state index in [9.17, 15) is 10.1 Å². The Balaban J connectivity index is 2.36. The lowest BCUT2D eigenvalue weighted by Gasteiger charge is -2.10. The molecule has 0 aliphatic carbocycles. The lowest BCUT2D eigenvalue weighted by atomic mass is 9.91. The smallest absolute Gasteiger partial charge is 0.184 e. The number of nitrogens with zero attached hydrogens (tertiary/aromatic N) is 1. The van der Waals surface area contributed by atoms with E-state index in [-0.39, 0.29) is 5.78 Å². The summed E-state index contributed by atoms with van der Waals surface area (Å²) in [5, 5.41) is 9.32. The van der Waals surface area contributed by atoms with Crippen LogP contribution in [0.1, 0.15) is 33.0 Å². The van der Waals surface area contributed by atoms with Crippen LogP contribution in [0.4, 0.5) is 0 Å². The Morgan fingerprint density at radius 1 is 1.15 bits per heavy atom. The zero-order valence-electron chi connectivity index (χ0n) is 11.4. The fourth-order valence-electron chi connectivity index (χ4n) is 2.01. The number of rotatable bonds is 3. The Labute approximate surface area is 127 Å². The van der Waals surface area contributed by atoms with Gasteiger partial charge in [-0.05, 0) is 37.1 Å². The number of carbonyl (C=O) groups excluding carboxylic acids is 1. The summed E-state index contributed by atoms with van der Waals surface area (Å²) in [4.78, 5) is 12.5. The molecule has 1 atom stereocenters. The van der Waals surface area contributed by atoms with E-state index < -0.39 is 5.92 Å². The molecule has 3 heteroatoms. The average Bonchev–Trinajstić information content (AvgIpc) is 2.44. The minimum absolute atomic E-state index is 0.160. The molecule has 2 aromatic rings. The van der Waals surface area contributed by atoms with Gasteiger partial charge in [-0.15, -0.1) is 0 Å². The number of nitriles is 1. The van der Waals surface area contributed by atoms with Gasteiger partial charge in [0.05, 0.1) is 6.07 Å². The van der Waals surface area contributed by atoms with E-state index in [1.165, 1.54) is 0 Å². The van der Waals surface area contributed by atoms with Gasteiger partial charge in [-0.1, -0.05) is 51.8 Å². The van der Waals surface area contributed by atoms with Crippen LogP contribution in [-0.4, -0.2) is 5.78 Å². The number of hydrogen-bond acceptors (Lipinski definition) is 2. The highest BCUT2D eigenvalue weighted by Crippen LogP contribution is 2.24. The molecule has 0 fully saturated rings.